The number of nitrogens with two attached hydrogens (primary N) is 2. The van der Waals surface area contributed by atoms with E-state index in [1.807, 2.05) is 0 Å². The summed E-state index contributed by atoms with van der Waals surface area (Å²) >= 11 is 0. The van der Waals surface area contributed by atoms with Gasteiger partial charge in [0.25, 0.3) is 0 Å². The average molecular weight is 183 g/mol. The molecule has 0 saturated heterocycles. The minimum atomic E-state index is 0.597. The molecule has 0 heterocycles. The van der Waals surface area contributed by atoms with E-state index >= 15 is 0 Å². The van der Waals surface area contributed by atoms with Gasteiger partial charge in [-0.25, -0.2) is 0 Å². The summed E-state index contributed by atoms with van der Waals surface area (Å²) < 4.78 is 0. The fourth-order valence-corrected chi connectivity index (χ4v) is 0. The smallest absolute Gasteiger partial charge is 0.0587 e. The highest BCUT2D eigenvalue weighted by molar-refractivity contribution is 4.51. The van der Waals surface area contributed by atoms with Crippen LogP contribution in [0.1, 0.15) is 20.8 Å². The first-order chi connectivity index (χ1) is 6.16. The van der Waals surface area contributed by atoms with Crippen LogP contribution in [0.3, 0.4) is 0 Å². The van der Waals surface area contributed by atoms with Crippen LogP contribution in [0.2, 0.25) is 0 Å². The topological polar surface area (TPSA) is 123 Å². The van der Waals surface area contributed by atoms with Crippen LogP contribution in [0.25, 0.3) is 0 Å². The van der Waals surface area contributed by atoms with Crippen molar-refractivity contribution in [3.8, 4) is 18.2 Å². The third-order valence-electron chi connectivity index (χ3n) is 0.167. The summed E-state index contributed by atoms with van der Waals surface area (Å²) in [5.41, 5.74) is 9.81. The lowest BCUT2D eigenvalue weighted by Crippen LogP contribution is -2.11. The van der Waals surface area contributed by atoms with Crippen LogP contribution in [0.5, 0.6) is 0 Å². The van der Waals surface area contributed by atoms with Crippen LogP contribution in [0, 0.1) is 34.0 Å². The standard InChI is InChI=1S/C2H8N2.3C2H3N/c3-1-2-4;3*1-2-3/h1-4H2;3*1H3. The molecule has 74 valence electrons. The molecule has 0 spiro atoms. The summed E-state index contributed by atoms with van der Waals surface area (Å²) in [5.74, 6) is 0. The molecule has 5 heteroatoms. The first-order valence-electron chi connectivity index (χ1n) is 3.49. The van der Waals surface area contributed by atoms with Crippen molar-refractivity contribution in [3.05, 3.63) is 0 Å². The van der Waals surface area contributed by atoms with Crippen LogP contribution >= 0.6 is 0 Å². The number of hydrogen-bond acceptors (Lipinski definition) is 5. The normalized spacial score (nSPS) is 4.15. The molecule has 0 fully saturated rings. The molecule has 0 aromatic heterocycles. The van der Waals surface area contributed by atoms with Gasteiger partial charge in [-0.3, -0.25) is 0 Å². The molecule has 4 N–H and O–H groups in total. The molecule has 13 heavy (non-hydrogen) atoms. The van der Waals surface area contributed by atoms with E-state index in [9.17, 15) is 0 Å². The van der Waals surface area contributed by atoms with Gasteiger partial charge in [0, 0.05) is 33.9 Å². The zero-order chi connectivity index (χ0) is 11.5. The molecule has 0 amide bonds. The van der Waals surface area contributed by atoms with E-state index in [0.29, 0.717) is 13.1 Å². The SMILES string of the molecule is CC#N.CC#N.CC#N.NCCN. The maximum absolute atomic E-state index is 7.32. The molecule has 0 aliphatic carbocycles. The van der Waals surface area contributed by atoms with Gasteiger partial charge in [-0.05, 0) is 0 Å². The Bertz CT molecular complexity index is 126. The minimum Gasteiger partial charge on any atom is -0.329 e. The minimum absolute atomic E-state index is 0.597. The third kappa shape index (κ3) is 1970. The highest BCUT2D eigenvalue weighted by atomic mass is 14.6. The van der Waals surface area contributed by atoms with Gasteiger partial charge in [-0.1, -0.05) is 0 Å². The number of nitrogens with zero attached hydrogens (tertiary/aromatic N) is 3. The Balaban J connectivity index is -0.0000000420. The Morgan fingerprint density at radius 2 is 0.846 bits per heavy atom. The van der Waals surface area contributed by atoms with Gasteiger partial charge in [-0.2, -0.15) is 15.8 Å². The average Bonchev–Trinajstić information content (AvgIpc) is 2.08. The van der Waals surface area contributed by atoms with E-state index in [1.165, 1.54) is 20.8 Å². The van der Waals surface area contributed by atoms with Crippen LogP contribution in [0.15, 0.2) is 0 Å². The second-order valence-corrected chi connectivity index (χ2v) is 1.25. The first kappa shape index (κ1) is 22.5. The molecule has 0 bridgehead atoms. The van der Waals surface area contributed by atoms with E-state index < -0.39 is 0 Å². The van der Waals surface area contributed by atoms with Gasteiger partial charge < -0.3 is 11.5 Å². The predicted molar refractivity (Wildman–Crippen MR) is 52.0 cm³/mol. The summed E-state index contributed by atoms with van der Waals surface area (Å²) in [6.07, 6.45) is 0. The molecule has 0 radical (unpaired) electrons. The molecule has 0 rings (SSSR count). The number of rotatable bonds is 1. The lowest BCUT2D eigenvalue weighted by atomic mass is 10.7. The van der Waals surface area contributed by atoms with Gasteiger partial charge in [-0.15, -0.1) is 0 Å². The second kappa shape index (κ2) is 79.7. The van der Waals surface area contributed by atoms with Crippen LogP contribution in [-0.2, 0) is 0 Å². The summed E-state index contributed by atoms with van der Waals surface area (Å²) in [7, 11) is 0. The fraction of sp³-hybridized carbons (Fsp3) is 0.625. The number of hydrogen-bond donors (Lipinski definition) is 2. The molecule has 0 aromatic carbocycles. The molecular formula is C8H17N5. The van der Waals surface area contributed by atoms with Crippen molar-refractivity contribution in [1.29, 1.82) is 15.8 Å². The summed E-state index contributed by atoms with van der Waals surface area (Å²) in [4.78, 5) is 0. The summed E-state index contributed by atoms with van der Waals surface area (Å²) in [6.45, 7) is 5.49. The predicted octanol–water partition coefficient (Wildman–Crippen LogP) is 0.493. The summed E-state index contributed by atoms with van der Waals surface area (Å²) in [5, 5.41) is 22.0. The molecule has 0 atom stereocenters. The van der Waals surface area contributed by atoms with Gasteiger partial charge in [0.05, 0.1) is 18.2 Å². The van der Waals surface area contributed by atoms with Gasteiger partial charge in [0.15, 0.2) is 0 Å². The van der Waals surface area contributed by atoms with Gasteiger partial charge >= 0.3 is 0 Å². The molecule has 0 saturated carbocycles. The quantitative estimate of drug-likeness (QED) is 0.612. The molecule has 0 aromatic rings. The maximum Gasteiger partial charge on any atom is 0.0587 e. The number of nitriles is 3. The zero-order valence-electron chi connectivity index (χ0n) is 8.41. The van der Waals surface area contributed by atoms with Crippen molar-refractivity contribution in [2.45, 2.75) is 20.8 Å². The van der Waals surface area contributed by atoms with Gasteiger partial charge in [0.1, 0.15) is 0 Å². The largest absolute Gasteiger partial charge is 0.329 e. The van der Waals surface area contributed by atoms with E-state index in [4.69, 9.17) is 27.3 Å². The summed E-state index contributed by atoms with van der Waals surface area (Å²) in [6, 6.07) is 5.25. The van der Waals surface area contributed by atoms with E-state index in [0.717, 1.165) is 0 Å². The monoisotopic (exact) mass is 183 g/mol. The third-order valence-corrected chi connectivity index (χ3v) is 0.167. The first-order valence-corrected chi connectivity index (χ1v) is 3.49. The zero-order valence-corrected chi connectivity index (χ0v) is 8.41. The Labute approximate surface area is 80.2 Å². The Morgan fingerprint density at radius 1 is 0.769 bits per heavy atom. The van der Waals surface area contributed by atoms with Crippen molar-refractivity contribution in [3.63, 3.8) is 0 Å². The van der Waals surface area contributed by atoms with Crippen molar-refractivity contribution in [2.24, 2.45) is 11.5 Å². The Hall–Kier alpha value is -1.61. The molecular weight excluding hydrogens is 166 g/mol. The van der Waals surface area contributed by atoms with E-state index in [1.54, 1.807) is 18.2 Å². The van der Waals surface area contributed by atoms with Crippen LogP contribution in [-0.4, -0.2) is 13.1 Å². The highest BCUT2D eigenvalue weighted by Crippen LogP contribution is 1.24. The molecule has 0 aliphatic heterocycles. The van der Waals surface area contributed by atoms with Crippen molar-refractivity contribution < 1.29 is 0 Å². The van der Waals surface area contributed by atoms with Crippen molar-refractivity contribution in [1.82, 2.24) is 0 Å². The van der Waals surface area contributed by atoms with Crippen LogP contribution < -0.4 is 11.5 Å². The Morgan fingerprint density at radius 3 is 0.846 bits per heavy atom. The lowest BCUT2D eigenvalue weighted by Gasteiger charge is -1.72. The maximum atomic E-state index is 7.32. The fourth-order valence-electron chi connectivity index (χ4n) is 0. The van der Waals surface area contributed by atoms with E-state index in [2.05, 4.69) is 0 Å². The van der Waals surface area contributed by atoms with Crippen LogP contribution in [0.4, 0.5) is 0 Å². The van der Waals surface area contributed by atoms with Crippen molar-refractivity contribution >= 4 is 0 Å². The Kier molecular flexibility index (Phi) is 138. The van der Waals surface area contributed by atoms with Gasteiger partial charge in [0.2, 0.25) is 0 Å². The van der Waals surface area contributed by atoms with E-state index in [-0.39, 0.29) is 0 Å². The molecule has 0 unspecified atom stereocenters. The molecule has 0 aliphatic rings. The second-order valence-electron chi connectivity index (χ2n) is 1.25. The van der Waals surface area contributed by atoms with Crippen molar-refractivity contribution in [2.75, 3.05) is 13.1 Å². The highest BCUT2D eigenvalue weighted by Gasteiger charge is 1.54. The molecule has 5 nitrogen and oxygen atoms in total. The lowest BCUT2D eigenvalue weighted by molar-refractivity contribution is 0.976.